The van der Waals surface area contributed by atoms with Gasteiger partial charge in [-0.25, -0.2) is 9.79 Å². The molecule has 0 aromatic heterocycles. The standard InChI is InChI=1S/C20H18BrNO4/c1-3-24-14-10-9-13(18(12-14)25-4-2)11-17-20(23)26-19(22-17)15-7-5-6-8-16(15)21/h5-12H,3-4H2,1-2H3/b17-11+. The largest absolute Gasteiger partial charge is 0.494 e. The van der Waals surface area contributed by atoms with Gasteiger partial charge in [0.05, 0.1) is 18.8 Å². The second kappa shape index (κ2) is 8.19. The zero-order valence-electron chi connectivity index (χ0n) is 14.5. The number of esters is 1. The number of nitrogens with zero attached hydrogens (tertiary/aromatic N) is 1. The smallest absolute Gasteiger partial charge is 0.363 e. The molecule has 0 fully saturated rings. The van der Waals surface area contributed by atoms with E-state index in [-0.39, 0.29) is 11.6 Å². The summed E-state index contributed by atoms with van der Waals surface area (Å²) in [6.07, 6.45) is 1.66. The van der Waals surface area contributed by atoms with Gasteiger partial charge in [-0.3, -0.25) is 0 Å². The zero-order valence-corrected chi connectivity index (χ0v) is 16.1. The van der Waals surface area contributed by atoms with E-state index in [1.807, 2.05) is 50.2 Å². The third kappa shape index (κ3) is 3.96. The third-order valence-corrected chi connectivity index (χ3v) is 4.30. The van der Waals surface area contributed by atoms with Gasteiger partial charge in [0, 0.05) is 16.1 Å². The highest BCUT2D eigenvalue weighted by Gasteiger charge is 2.25. The van der Waals surface area contributed by atoms with E-state index in [4.69, 9.17) is 14.2 Å². The number of hydrogen-bond donors (Lipinski definition) is 0. The molecule has 5 nitrogen and oxygen atoms in total. The number of rotatable bonds is 6. The molecule has 0 amide bonds. The molecule has 0 unspecified atom stereocenters. The maximum Gasteiger partial charge on any atom is 0.363 e. The average Bonchev–Trinajstić information content (AvgIpc) is 2.98. The topological polar surface area (TPSA) is 57.1 Å². The van der Waals surface area contributed by atoms with Crippen molar-refractivity contribution in [2.45, 2.75) is 13.8 Å². The van der Waals surface area contributed by atoms with Crippen molar-refractivity contribution in [1.82, 2.24) is 0 Å². The molecule has 1 aliphatic heterocycles. The van der Waals surface area contributed by atoms with Gasteiger partial charge >= 0.3 is 5.97 Å². The molecule has 0 saturated carbocycles. The first-order chi connectivity index (χ1) is 12.6. The molecular weight excluding hydrogens is 398 g/mol. The summed E-state index contributed by atoms with van der Waals surface area (Å²) in [5.41, 5.74) is 1.68. The fourth-order valence-corrected chi connectivity index (χ4v) is 2.93. The first-order valence-electron chi connectivity index (χ1n) is 8.29. The Morgan fingerprint density at radius 1 is 1.12 bits per heavy atom. The summed E-state index contributed by atoms with van der Waals surface area (Å²) in [6.45, 7) is 4.89. The maximum absolute atomic E-state index is 12.2. The Balaban J connectivity index is 1.96. The molecule has 0 atom stereocenters. The number of halogens is 1. The summed E-state index contributed by atoms with van der Waals surface area (Å²) in [5.74, 6) is 1.12. The van der Waals surface area contributed by atoms with Gasteiger partial charge in [-0.1, -0.05) is 12.1 Å². The molecule has 0 spiro atoms. The Labute approximate surface area is 160 Å². The Morgan fingerprint density at radius 2 is 1.88 bits per heavy atom. The highest BCUT2D eigenvalue weighted by atomic mass is 79.9. The second-order valence-electron chi connectivity index (χ2n) is 5.38. The van der Waals surface area contributed by atoms with Gasteiger partial charge in [0.15, 0.2) is 5.70 Å². The van der Waals surface area contributed by atoms with Gasteiger partial charge in [0.1, 0.15) is 11.5 Å². The van der Waals surface area contributed by atoms with Crippen molar-refractivity contribution in [3.05, 3.63) is 63.8 Å². The number of cyclic esters (lactones) is 1. The molecule has 134 valence electrons. The van der Waals surface area contributed by atoms with Crippen LogP contribution in [-0.4, -0.2) is 25.1 Å². The highest BCUT2D eigenvalue weighted by Crippen LogP contribution is 2.29. The van der Waals surface area contributed by atoms with Crippen LogP contribution in [0.3, 0.4) is 0 Å². The van der Waals surface area contributed by atoms with Crippen LogP contribution in [0.5, 0.6) is 11.5 Å². The van der Waals surface area contributed by atoms with E-state index in [9.17, 15) is 4.79 Å². The Kier molecular flexibility index (Phi) is 5.73. The van der Waals surface area contributed by atoms with Crippen molar-refractivity contribution in [3.63, 3.8) is 0 Å². The predicted molar refractivity (Wildman–Crippen MR) is 104 cm³/mol. The quantitative estimate of drug-likeness (QED) is 0.511. The van der Waals surface area contributed by atoms with E-state index in [0.29, 0.717) is 24.7 Å². The minimum absolute atomic E-state index is 0.223. The minimum atomic E-state index is -0.493. The summed E-state index contributed by atoms with van der Waals surface area (Å²) in [6, 6.07) is 12.9. The summed E-state index contributed by atoms with van der Waals surface area (Å²) in [4.78, 5) is 16.6. The van der Waals surface area contributed by atoms with E-state index in [1.165, 1.54) is 0 Å². The average molecular weight is 416 g/mol. The number of benzene rings is 2. The molecule has 26 heavy (non-hydrogen) atoms. The Bertz CT molecular complexity index is 889. The molecule has 0 N–H and O–H groups in total. The van der Waals surface area contributed by atoms with E-state index in [0.717, 1.165) is 15.6 Å². The second-order valence-corrected chi connectivity index (χ2v) is 6.24. The van der Waals surface area contributed by atoms with Crippen LogP contribution in [0.2, 0.25) is 0 Å². The molecular formula is C20H18BrNO4. The molecule has 0 radical (unpaired) electrons. The predicted octanol–water partition coefficient (Wildman–Crippen LogP) is 4.59. The van der Waals surface area contributed by atoms with Crippen molar-refractivity contribution >= 4 is 33.9 Å². The van der Waals surface area contributed by atoms with Crippen molar-refractivity contribution in [1.29, 1.82) is 0 Å². The summed E-state index contributed by atoms with van der Waals surface area (Å²) < 4.78 is 17.3. The third-order valence-electron chi connectivity index (χ3n) is 3.61. The molecule has 1 aliphatic rings. The van der Waals surface area contributed by atoms with Crippen LogP contribution in [0.15, 0.2) is 57.6 Å². The molecule has 0 saturated heterocycles. The van der Waals surface area contributed by atoms with Crippen molar-refractivity contribution in [3.8, 4) is 11.5 Å². The van der Waals surface area contributed by atoms with Gasteiger partial charge < -0.3 is 14.2 Å². The summed E-state index contributed by atoms with van der Waals surface area (Å²) in [5, 5.41) is 0. The van der Waals surface area contributed by atoms with Gasteiger partial charge in [-0.2, -0.15) is 0 Å². The normalized spacial score (nSPS) is 15.0. The van der Waals surface area contributed by atoms with Crippen LogP contribution in [-0.2, 0) is 9.53 Å². The van der Waals surface area contributed by atoms with Crippen molar-refractivity contribution < 1.29 is 19.0 Å². The maximum atomic E-state index is 12.2. The summed E-state index contributed by atoms with van der Waals surface area (Å²) in [7, 11) is 0. The number of carbonyl (C=O) groups is 1. The van der Waals surface area contributed by atoms with E-state index in [2.05, 4.69) is 20.9 Å². The number of hydrogen-bond acceptors (Lipinski definition) is 5. The lowest BCUT2D eigenvalue weighted by Crippen LogP contribution is -2.06. The molecule has 1 heterocycles. The van der Waals surface area contributed by atoms with E-state index >= 15 is 0 Å². The van der Waals surface area contributed by atoms with Crippen molar-refractivity contribution in [2.24, 2.45) is 4.99 Å². The number of carbonyl (C=O) groups excluding carboxylic acids is 1. The van der Waals surface area contributed by atoms with Crippen LogP contribution >= 0.6 is 15.9 Å². The first-order valence-corrected chi connectivity index (χ1v) is 9.08. The Morgan fingerprint density at radius 3 is 2.62 bits per heavy atom. The lowest BCUT2D eigenvalue weighted by atomic mass is 10.1. The number of ether oxygens (including phenoxy) is 3. The zero-order chi connectivity index (χ0) is 18.5. The van der Waals surface area contributed by atoms with Gasteiger partial charge in [-0.15, -0.1) is 0 Å². The fraction of sp³-hybridized carbons (Fsp3) is 0.200. The van der Waals surface area contributed by atoms with E-state index < -0.39 is 5.97 Å². The molecule has 2 aromatic rings. The fourth-order valence-electron chi connectivity index (χ4n) is 2.48. The Hall–Kier alpha value is -2.60. The van der Waals surface area contributed by atoms with Crippen LogP contribution in [0.1, 0.15) is 25.0 Å². The van der Waals surface area contributed by atoms with Crippen LogP contribution in [0, 0.1) is 0 Å². The van der Waals surface area contributed by atoms with Crippen LogP contribution in [0.4, 0.5) is 0 Å². The lowest BCUT2D eigenvalue weighted by molar-refractivity contribution is -0.129. The van der Waals surface area contributed by atoms with Crippen LogP contribution < -0.4 is 9.47 Å². The molecule has 3 rings (SSSR count). The van der Waals surface area contributed by atoms with Crippen LogP contribution in [0.25, 0.3) is 6.08 Å². The van der Waals surface area contributed by atoms with Gasteiger partial charge in [-0.05, 0) is 60.1 Å². The lowest BCUT2D eigenvalue weighted by Gasteiger charge is -2.10. The molecule has 0 bridgehead atoms. The van der Waals surface area contributed by atoms with Crippen molar-refractivity contribution in [2.75, 3.05) is 13.2 Å². The monoisotopic (exact) mass is 415 g/mol. The van der Waals surface area contributed by atoms with Gasteiger partial charge in [0.2, 0.25) is 5.90 Å². The molecule has 0 aliphatic carbocycles. The van der Waals surface area contributed by atoms with Gasteiger partial charge in [0.25, 0.3) is 0 Å². The minimum Gasteiger partial charge on any atom is -0.494 e. The first kappa shape index (κ1) is 18.2. The molecule has 6 heteroatoms. The van der Waals surface area contributed by atoms with E-state index in [1.54, 1.807) is 12.1 Å². The summed E-state index contributed by atoms with van der Waals surface area (Å²) >= 11 is 3.44. The number of aliphatic imine (C=N–C) groups is 1. The highest BCUT2D eigenvalue weighted by molar-refractivity contribution is 9.10. The molecule has 2 aromatic carbocycles. The SMILES string of the molecule is CCOc1ccc(/C=C2/N=C(c3ccccc3Br)OC2=O)c(OCC)c1.